The Hall–Kier alpha value is -3.21. The third kappa shape index (κ3) is 2.42. The number of hydrogen-bond acceptors (Lipinski definition) is 4. The first-order valence-electron chi connectivity index (χ1n) is 7.22. The largest absolute Gasteiger partial charge is 0.422 e. The van der Waals surface area contributed by atoms with Gasteiger partial charge in [0.05, 0.1) is 23.6 Å². The van der Waals surface area contributed by atoms with Crippen LogP contribution in [0.25, 0.3) is 27.8 Å². The van der Waals surface area contributed by atoms with Gasteiger partial charge in [-0.15, -0.1) is 5.10 Å². The summed E-state index contributed by atoms with van der Waals surface area (Å²) in [5, 5.41) is 8.58. The average molecular weight is 303 g/mol. The van der Waals surface area contributed by atoms with E-state index in [1.165, 1.54) is 0 Å². The second kappa shape index (κ2) is 5.21. The van der Waals surface area contributed by atoms with E-state index in [4.69, 9.17) is 4.42 Å². The summed E-state index contributed by atoms with van der Waals surface area (Å²) in [6.45, 7) is 2.01. The maximum absolute atomic E-state index is 12.3. The van der Waals surface area contributed by atoms with E-state index >= 15 is 0 Å². The lowest BCUT2D eigenvalue weighted by Gasteiger charge is -2.05. The summed E-state index contributed by atoms with van der Waals surface area (Å²) in [4.78, 5) is 12.3. The highest BCUT2D eigenvalue weighted by Gasteiger charge is 2.09. The lowest BCUT2D eigenvalue weighted by atomic mass is 10.0. The molecule has 2 heterocycles. The first-order valence-corrected chi connectivity index (χ1v) is 7.22. The first kappa shape index (κ1) is 13.5. The van der Waals surface area contributed by atoms with Crippen molar-refractivity contribution in [1.29, 1.82) is 0 Å². The van der Waals surface area contributed by atoms with Crippen LogP contribution in [0.15, 0.2) is 70.1 Å². The minimum absolute atomic E-state index is 0.350. The van der Waals surface area contributed by atoms with E-state index < -0.39 is 0 Å². The van der Waals surface area contributed by atoms with Crippen LogP contribution in [0.4, 0.5) is 0 Å². The van der Waals surface area contributed by atoms with Crippen molar-refractivity contribution >= 4 is 11.0 Å². The molecule has 4 aromatic rings. The molecule has 0 spiro atoms. The van der Waals surface area contributed by atoms with Gasteiger partial charge in [-0.25, -0.2) is 9.48 Å². The monoisotopic (exact) mass is 303 g/mol. The number of aromatic nitrogens is 3. The molecule has 23 heavy (non-hydrogen) atoms. The first-order chi connectivity index (χ1) is 11.2. The van der Waals surface area contributed by atoms with Crippen molar-refractivity contribution in [2.75, 3.05) is 0 Å². The van der Waals surface area contributed by atoms with Crippen molar-refractivity contribution in [2.45, 2.75) is 6.92 Å². The number of fused-ring (bicyclic) bond motifs is 1. The highest BCUT2D eigenvalue weighted by Crippen LogP contribution is 2.23. The van der Waals surface area contributed by atoms with E-state index in [0.29, 0.717) is 11.1 Å². The molecule has 0 atom stereocenters. The van der Waals surface area contributed by atoms with Crippen LogP contribution in [0, 0.1) is 6.92 Å². The summed E-state index contributed by atoms with van der Waals surface area (Å²) in [6.07, 6.45) is 3.33. The quantitative estimate of drug-likeness (QED) is 0.533. The summed E-state index contributed by atoms with van der Waals surface area (Å²) in [5.74, 6) is 0. The molecule has 0 saturated heterocycles. The lowest BCUT2D eigenvalue weighted by Crippen LogP contribution is -2.03. The molecule has 0 saturated carbocycles. The highest BCUT2D eigenvalue weighted by molar-refractivity contribution is 5.83. The lowest BCUT2D eigenvalue weighted by molar-refractivity contribution is 0.563. The van der Waals surface area contributed by atoms with E-state index in [9.17, 15) is 4.79 Å². The van der Waals surface area contributed by atoms with Crippen molar-refractivity contribution in [2.24, 2.45) is 0 Å². The minimum Gasteiger partial charge on any atom is -0.422 e. The van der Waals surface area contributed by atoms with Crippen molar-refractivity contribution < 1.29 is 4.42 Å². The maximum atomic E-state index is 12.3. The molecule has 0 aliphatic carbocycles. The Balaban J connectivity index is 1.87. The molecule has 0 bridgehead atoms. The molecule has 0 amide bonds. The number of nitrogens with zero attached hydrogens (tertiary/aromatic N) is 3. The topological polar surface area (TPSA) is 60.9 Å². The summed E-state index contributed by atoms with van der Waals surface area (Å²) >= 11 is 0. The SMILES string of the molecule is Cc1ccc(-c2cc3ccc(-n4ccnn4)cc3oc2=O)cc1. The van der Waals surface area contributed by atoms with Gasteiger partial charge in [0.15, 0.2) is 0 Å². The molecule has 5 heteroatoms. The normalized spacial score (nSPS) is 11.0. The molecule has 0 aliphatic heterocycles. The molecule has 2 aromatic carbocycles. The van der Waals surface area contributed by atoms with Gasteiger partial charge in [0, 0.05) is 11.5 Å². The number of benzene rings is 2. The third-order valence-electron chi connectivity index (χ3n) is 3.77. The van der Waals surface area contributed by atoms with Crippen LogP contribution < -0.4 is 5.63 Å². The van der Waals surface area contributed by atoms with Crippen molar-refractivity contribution in [1.82, 2.24) is 15.0 Å². The van der Waals surface area contributed by atoms with Crippen molar-refractivity contribution in [3.8, 4) is 16.8 Å². The zero-order chi connectivity index (χ0) is 15.8. The third-order valence-corrected chi connectivity index (χ3v) is 3.77. The van der Waals surface area contributed by atoms with Crippen LogP contribution in [0.5, 0.6) is 0 Å². The van der Waals surface area contributed by atoms with E-state index in [1.807, 2.05) is 49.4 Å². The molecule has 4 rings (SSSR count). The van der Waals surface area contributed by atoms with E-state index in [0.717, 1.165) is 22.2 Å². The van der Waals surface area contributed by atoms with Crippen molar-refractivity contribution in [3.05, 3.63) is 76.9 Å². The van der Waals surface area contributed by atoms with E-state index in [1.54, 1.807) is 23.1 Å². The standard InChI is InChI=1S/C18H13N3O2/c1-12-2-4-13(5-3-12)16-10-14-6-7-15(21-9-8-19-20-21)11-17(14)23-18(16)22/h2-11H,1H3. The van der Waals surface area contributed by atoms with Gasteiger partial charge in [0.25, 0.3) is 0 Å². The maximum Gasteiger partial charge on any atom is 0.344 e. The molecular weight excluding hydrogens is 290 g/mol. The second-order valence-electron chi connectivity index (χ2n) is 5.38. The molecule has 0 radical (unpaired) electrons. The van der Waals surface area contributed by atoms with Gasteiger partial charge in [-0.05, 0) is 30.7 Å². The number of rotatable bonds is 2. The predicted molar refractivity (Wildman–Crippen MR) is 87.6 cm³/mol. The molecule has 0 N–H and O–H groups in total. The van der Waals surface area contributed by atoms with Crippen LogP contribution in [-0.4, -0.2) is 15.0 Å². The van der Waals surface area contributed by atoms with Crippen LogP contribution in [0.3, 0.4) is 0 Å². The van der Waals surface area contributed by atoms with E-state index in [-0.39, 0.29) is 5.63 Å². The zero-order valence-electron chi connectivity index (χ0n) is 12.4. The van der Waals surface area contributed by atoms with Gasteiger partial charge < -0.3 is 4.42 Å². The number of hydrogen-bond donors (Lipinski definition) is 0. The fourth-order valence-electron chi connectivity index (χ4n) is 2.52. The van der Waals surface area contributed by atoms with Crippen LogP contribution in [0.1, 0.15) is 5.56 Å². The Morgan fingerprint density at radius 3 is 2.61 bits per heavy atom. The Morgan fingerprint density at radius 1 is 1.04 bits per heavy atom. The molecule has 0 fully saturated rings. The molecule has 5 nitrogen and oxygen atoms in total. The smallest absolute Gasteiger partial charge is 0.344 e. The zero-order valence-corrected chi connectivity index (χ0v) is 12.4. The molecule has 2 aromatic heterocycles. The molecule has 0 unspecified atom stereocenters. The summed E-state index contributed by atoms with van der Waals surface area (Å²) < 4.78 is 7.12. The highest BCUT2D eigenvalue weighted by atomic mass is 16.4. The Kier molecular flexibility index (Phi) is 3.05. The van der Waals surface area contributed by atoms with Crippen LogP contribution >= 0.6 is 0 Å². The van der Waals surface area contributed by atoms with Gasteiger partial charge in [0.1, 0.15) is 5.58 Å². The van der Waals surface area contributed by atoms with Crippen LogP contribution in [-0.2, 0) is 0 Å². The van der Waals surface area contributed by atoms with Gasteiger partial charge in [-0.2, -0.15) is 0 Å². The summed E-state index contributed by atoms with van der Waals surface area (Å²) in [7, 11) is 0. The summed E-state index contributed by atoms with van der Waals surface area (Å²) in [6, 6.07) is 15.3. The Bertz CT molecular complexity index is 1030. The van der Waals surface area contributed by atoms with E-state index in [2.05, 4.69) is 10.3 Å². The fraction of sp³-hybridized carbons (Fsp3) is 0.0556. The van der Waals surface area contributed by atoms with Gasteiger partial charge in [-0.1, -0.05) is 35.0 Å². The predicted octanol–water partition coefficient (Wildman–Crippen LogP) is 3.35. The Labute approximate surface area is 131 Å². The van der Waals surface area contributed by atoms with Crippen molar-refractivity contribution in [3.63, 3.8) is 0 Å². The molecular formula is C18H13N3O2. The molecule has 112 valence electrons. The Morgan fingerprint density at radius 2 is 1.87 bits per heavy atom. The van der Waals surface area contributed by atoms with Crippen LogP contribution in [0.2, 0.25) is 0 Å². The fourth-order valence-corrected chi connectivity index (χ4v) is 2.52. The van der Waals surface area contributed by atoms with Gasteiger partial charge >= 0.3 is 5.63 Å². The van der Waals surface area contributed by atoms with Gasteiger partial charge in [-0.3, -0.25) is 0 Å². The molecule has 0 aliphatic rings. The number of aryl methyl sites for hydroxylation is 1. The summed E-state index contributed by atoms with van der Waals surface area (Å²) in [5.41, 5.74) is 3.53. The minimum atomic E-state index is -0.350. The van der Waals surface area contributed by atoms with Gasteiger partial charge in [0.2, 0.25) is 0 Å². The second-order valence-corrected chi connectivity index (χ2v) is 5.38. The average Bonchev–Trinajstić information content (AvgIpc) is 3.09.